The molecule has 0 radical (unpaired) electrons. The number of rotatable bonds is 5. The van der Waals surface area contributed by atoms with Gasteiger partial charge in [0.1, 0.15) is 5.75 Å². The topological polar surface area (TPSA) is 109 Å². The average molecular weight is 370 g/mol. The van der Waals surface area contributed by atoms with Crippen molar-refractivity contribution in [3.05, 3.63) is 48.1 Å². The SMILES string of the molecule is C=CC(=O)Nc1cc(C(=O)N2CCCC(Cc3nc(C)no3)C2)ccc1O. The van der Waals surface area contributed by atoms with E-state index >= 15 is 0 Å². The van der Waals surface area contributed by atoms with Gasteiger partial charge in [-0.2, -0.15) is 4.98 Å². The third-order valence-electron chi connectivity index (χ3n) is 4.53. The van der Waals surface area contributed by atoms with E-state index in [1.54, 1.807) is 17.9 Å². The van der Waals surface area contributed by atoms with Crippen LogP contribution in [0, 0.1) is 12.8 Å². The summed E-state index contributed by atoms with van der Waals surface area (Å²) in [6, 6.07) is 4.42. The monoisotopic (exact) mass is 370 g/mol. The number of likely N-dealkylation sites (tertiary alicyclic amines) is 1. The Hall–Kier alpha value is -3.16. The van der Waals surface area contributed by atoms with Crippen molar-refractivity contribution in [2.45, 2.75) is 26.2 Å². The normalized spacial score (nSPS) is 16.8. The number of anilines is 1. The Morgan fingerprint density at radius 3 is 3.00 bits per heavy atom. The lowest BCUT2D eigenvalue weighted by Crippen LogP contribution is -2.40. The minimum absolute atomic E-state index is 0.106. The first-order chi connectivity index (χ1) is 13.0. The molecule has 0 saturated carbocycles. The van der Waals surface area contributed by atoms with Crippen LogP contribution in [0.25, 0.3) is 0 Å². The molecule has 3 rings (SSSR count). The molecule has 27 heavy (non-hydrogen) atoms. The van der Waals surface area contributed by atoms with Crippen LogP contribution in [0.1, 0.15) is 34.9 Å². The van der Waals surface area contributed by atoms with Gasteiger partial charge in [-0.05, 0) is 50.0 Å². The van der Waals surface area contributed by atoms with Crippen molar-refractivity contribution in [2.75, 3.05) is 18.4 Å². The molecular formula is C19H22N4O4. The molecule has 2 heterocycles. The minimum atomic E-state index is -0.456. The molecule has 1 aromatic carbocycles. The zero-order valence-electron chi connectivity index (χ0n) is 15.1. The molecule has 0 spiro atoms. The highest BCUT2D eigenvalue weighted by atomic mass is 16.5. The molecule has 1 aromatic heterocycles. The predicted molar refractivity (Wildman–Crippen MR) is 98.3 cm³/mol. The molecule has 2 amide bonds. The van der Waals surface area contributed by atoms with Crippen LogP contribution in [-0.2, 0) is 11.2 Å². The van der Waals surface area contributed by atoms with E-state index in [0.717, 1.165) is 18.9 Å². The Bertz CT molecular complexity index is 861. The van der Waals surface area contributed by atoms with Crippen molar-refractivity contribution in [1.82, 2.24) is 15.0 Å². The second kappa shape index (κ2) is 8.03. The molecule has 2 aromatic rings. The summed E-state index contributed by atoms with van der Waals surface area (Å²) in [5, 5.41) is 16.2. The second-order valence-corrected chi connectivity index (χ2v) is 6.62. The summed E-state index contributed by atoms with van der Waals surface area (Å²) in [6.07, 6.45) is 3.62. The number of carbonyl (C=O) groups is 2. The Labute approximate surface area is 156 Å². The van der Waals surface area contributed by atoms with Crippen molar-refractivity contribution >= 4 is 17.5 Å². The van der Waals surface area contributed by atoms with Gasteiger partial charge in [-0.15, -0.1) is 0 Å². The number of aromatic nitrogens is 2. The number of nitrogens with one attached hydrogen (secondary N) is 1. The zero-order chi connectivity index (χ0) is 19.4. The maximum atomic E-state index is 12.9. The van der Waals surface area contributed by atoms with E-state index < -0.39 is 5.91 Å². The first-order valence-corrected chi connectivity index (χ1v) is 8.81. The van der Waals surface area contributed by atoms with Gasteiger partial charge in [0.05, 0.1) is 5.69 Å². The lowest BCUT2D eigenvalue weighted by Gasteiger charge is -2.32. The molecule has 0 aliphatic carbocycles. The Kier molecular flexibility index (Phi) is 5.54. The summed E-state index contributed by atoms with van der Waals surface area (Å²) in [7, 11) is 0. The molecule has 1 aliphatic rings. The minimum Gasteiger partial charge on any atom is -0.506 e. The van der Waals surface area contributed by atoms with Crippen LogP contribution < -0.4 is 5.32 Å². The number of phenols is 1. The summed E-state index contributed by atoms with van der Waals surface area (Å²) in [5.41, 5.74) is 0.585. The fourth-order valence-corrected chi connectivity index (χ4v) is 3.22. The Morgan fingerprint density at radius 1 is 1.48 bits per heavy atom. The number of aryl methyl sites for hydroxylation is 1. The smallest absolute Gasteiger partial charge is 0.253 e. The number of hydrogen-bond acceptors (Lipinski definition) is 6. The maximum Gasteiger partial charge on any atom is 0.253 e. The molecule has 142 valence electrons. The van der Waals surface area contributed by atoms with E-state index in [1.165, 1.54) is 12.1 Å². The van der Waals surface area contributed by atoms with Gasteiger partial charge in [-0.3, -0.25) is 9.59 Å². The molecule has 1 saturated heterocycles. The number of benzene rings is 1. The van der Waals surface area contributed by atoms with Gasteiger partial charge in [0.2, 0.25) is 11.8 Å². The number of carbonyl (C=O) groups excluding carboxylic acids is 2. The molecular weight excluding hydrogens is 348 g/mol. The van der Waals surface area contributed by atoms with Crippen LogP contribution in [-0.4, -0.2) is 45.1 Å². The van der Waals surface area contributed by atoms with Gasteiger partial charge in [0.25, 0.3) is 5.91 Å². The summed E-state index contributed by atoms with van der Waals surface area (Å²) < 4.78 is 5.18. The second-order valence-electron chi connectivity index (χ2n) is 6.62. The van der Waals surface area contributed by atoms with Crippen LogP contribution in [0.5, 0.6) is 5.75 Å². The van der Waals surface area contributed by atoms with E-state index in [4.69, 9.17) is 4.52 Å². The van der Waals surface area contributed by atoms with E-state index in [1.807, 2.05) is 0 Å². The van der Waals surface area contributed by atoms with Crippen LogP contribution in [0.4, 0.5) is 5.69 Å². The van der Waals surface area contributed by atoms with Crippen molar-refractivity contribution in [2.24, 2.45) is 5.92 Å². The average Bonchev–Trinajstić information content (AvgIpc) is 3.07. The van der Waals surface area contributed by atoms with E-state index in [2.05, 4.69) is 22.0 Å². The predicted octanol–water partition coefficient (Wildman–Crippen LogP) is 2.30. The number of nitrogens with zero attached hydrogens (tertiary/aromatic N) is 3. The first kappa shape index (κ1) is 18.6. The third-order valence-corrected chi connectivity index (χ3v) is 4.53. The van der Waals surface area contributed by atoms with Crippen molar-refractivity contribution in [3.8, 4) is 5.75 Å². The molecule has 8 nitrogen and oxygen atoms in total. The molecule has 8 heteroatoms. The summed E-state index contributed by atoms with van der Waals surface area (Å²) in [6.45, 7) is 6.40. The largest absolute Gasteiger partial charge is 0.506 e. The van der Waals surface area contributed by atoms with Crippen LogP contribution >= 0.6 is 0 Å². The fourth-order valence-electron chi connectivity index (χ4n) is 3.22. The summed E-state index contributed by atoms with van der Waals surface area (Å²) in [4.78, 5) is 30.4. The zero-order valence-corrected chi connectivity index (χ0v) is 15.1. The maximum absolute atomic E-state index is 12.9. The third kappa shape index (κ3) is 4.52. The number of phenolic OH excluding ortho intramolecular Hbond substituents is 1. The van der Waals surface area contributed by atoms with Crippen molar-refractivity contribution in [1.29, 1.82) is 0 Å². The molecule has 2 N–H and O–H groups in total. The molecule has 1 fully saturated rings. The van der Waals surface area contributed by atoms with Gasteiger partial charge >= 0.3 is 0 Å². The highest BCUT2D eigenvalue weighted by Crippen LogP contribution is 2.27. The van der Waals surface area contributed by atoms with Gasteiger partial charge in [0, 0.05) is 25.1 Å². The van der Waals surface area contributed by atoms with E-state index in [-0.39, 0.29) is 23.3 Å². The molecule has 1 unspecified atom stereocenters. The van der Waals surface area contributed by atoms with Crippen molar-refractivity contribution in [3.63, 3.8) is 0 Å². The van der Waals surface area contributed by atoms with Crippen LogP contribution in [0.2, 0.25) is 0 Å². The number of aromatic hydroxyl groups is 1. The molecule has 1 aliphatic heterocycles. The summed E-state index contributed by atoms with van der Waals surface area (Å²) >= 11 is 0. The van der Waals surface area contributed by atoms with Crippen LogP contribution in [0.3, 0.4) is 0 Å². The summed E-state index contributed by atoms with van der Waals surface area (Å²) in [5.74, 6) is 0.737. The van der Waals surface area contributed by atoms with Gasteiger partial charge in [0.15, 0.2) is 5.82 Å². The van der Waals surface area contributed by atoms with Gasteiger partial charge in [-0.1, -0.05) is 11.7 Å². The highest BCUT2D eigenvalue weighted by molar-refractivity contribution is 6.02. The number of piperidine rings is 1. The van der Waals surface area contributed by atoms with Crippen LogP contribution in [0.15, 0.2) is 35.4 Å². The lowest BCUT2D eigenvalue weighted by atomic mass is 9.94. The standard InChI is InChI=1S/C19H22N4O4/c1-3-17(25)21-15-10-14(6-7-16(15)24)19(26)23-8-4-5-13(11-23)9-18-20-12(2)22-27-18/h3,6-7,10,13,24H,1,4-5,8-9,11H2,2H3,(H,21,25). The Morgan fingerprint density at radius 2 is 2.30 bits per heavy atom. The Balaban J connectivity index is 1.70. The highest BCUT2D eigenvalue weighted by Gasteiger charge is 2.26. The molecule has 0 bridgehead atoms. The van der Waals surface area contributed by atoms with Gasteiger partial charge in [-0.25, -0.2) is 0 Å². The first-order valence-electron chi connectivity index (χ1n) is 8.81. The van der Waals surface area contributed by atoms with Crippen molar-refractivity contribution < 1.29 is 19.2 Å². The lowest BCUT2D eigenvalue weighted by molar-refractivity contribution is -0.111. The number of hydrogen-bond donors (Lipinski definition) is 2. The number of amides is 2. The van der Waals surface area contributed by atoms with E-state index in [0.29, 0.717) is 36.8 Å². The quantitative estimate of drug-likeness (QED) is 0.617. The molecule has 1 atom stereocenters. The fraction of sp³-hybridized carbons (Fsp3) is 0.368. The van der Waals surface area contributed by atoms with E-state index in [9.17, 15) is 14.7 Å². The van der Waals surface area contributed by atoms with Gasteiger partial charge < -0.3 is 19.8 Å².